The van der Waals surface area contributed by atoms with E-state index in [1.165, 1.54) is 11.3 Å². The van der Waals surface area contributed by atoms with Crippen molar-refractivity contribution in [3.63, 3.8) is 0 Å². The monoisotopic (exact) mass is 342 g/mol. The van der Waals surface area contributed by atoms with E-state index < -0.39 is 0 Å². The Balaban J connectivity index is 1.67. The molecule has 2 aromatic heterocycles. The number of furan rings is 1. The van der Waals surface area contributed by atoms with Crippen LogP contribution in [0.25, 0.3) is 10.6 Å². The van der Waals surface area contributed by atoms with Crippen LogP contribution in [-0.4, -0.2) is 22.7 Å². The van der Waals surface area contributed by atoms with Gasteiger partial charge < -0.3 is 9.32 Å². The van der Waals surface area contributed by atoms with Gasteiger partial charge in [-0.2, -0.15) is 0 Å². The smallest absolute Gasteiger partial charge is 0.277 e. The van der Waals surface area contributed by atoms with E-state index in [0.29, 0.717) is 17.5 Å². The van der Waals surface area contributed by atoms with Crippen LogP contribution in [0, 0.1) is 0 Å². The van der Waals surface area contributed by atoms with Gasteiger partial charge in [-0.1, -0.05) is 19.1 Å². The number of carbonyl (C=O) groups is 1. The second-order valence-corrected chi connectivity index (χ2v) is 7.70. The van der Waals surface area contributed by atoms with Gasteiger partial charge in [0, 0.05) is 27.6 Å². The van der Waals surface area contributed by atoms with Gasteiger partial charge in [-0.3, -0.25) is 4.79 Å². The van der Waals surface area contributed by atoms with Crippen LogP contribution in [0.4, 0.5) is 5.69 Å². The van der Waals surface area contributed by atoms with Crippen molar-refractivity contribution in [2.24, 2.45) is 0 Å². The standard InChI is InChI=1S/C17H14N2O2S2/c1-11-8-19(14-4-2-3-5-15(14)23-11)17(20)13-10-22-16(18-13)12-6-7-21-9-12/h2-7,9-11H,8H2,1H3. The highest BCUT2D eigenvalue weighted by Crippen LogP contribution is 2.39. The van der Waals surface area contributed by atoms with Gasteiger partial charge in [-0.05, 0) is 18.2 Å². The molecule has 0 saturated heterocycles. The number of anilines is 1. The summed E-state index contributed by atoms with van der Waals surface area (Å²) in [6, 6.07) is 9.88. The summed E-state index contributed by atoms with van der Waals surface area (Å²) < 4.78 is 5.08. The van der Waals surface area contributed by atoms with Crippen LogP contribution in [0.1, 0.15) is 17.4 Å². The van der Waals surface area contributed by atoms with Crippen LogP contribution in [0.5, 0.6) is 0 Å². The zero-order valence-corrected chi connectivity index (χ0v) is 14.1. The molecule has 1 amide bonds. The Labute approximate surface area is 142 Å². The summed E-state index contributed by atoms with van der Waals surface area (Å²) in [4.78, 5) is 20.4. The zero-order chi connectivity index (χ0) is 15.8. The van der Waals surface area contributed by atoms with Crippen LogP contribution in [0.15, 0.2) is 57.6 Å². The van der Waals surface area contributed by atoms with E-state index in [0.717, 1.165) is 21.2 Å². The minimum absolute atomic E-state index is 0.0457. The number of rotatable bonds is 2. The van der Waals surface area contributed by atoms with Gasteiger partial charge >= 0.3 is 0 Å². The molecule has 3 aromatic rings. The Kier molecular flexibility index (Phi) is 3.71. The highest BCUT2D eigenvalue weighted by atomic mass is 32.2. The SMILES string of the molecule is CC1CN(C(=O)c2csc(-c3ccoc3)n2)c2ccccc2S1. The fraction of sp³-hybridized carbons (Fsp3) is 0.176. The van der Waals surface area contributed by atoms with E-state index in [4.69, 9.17) is 4.42 Å². The van der Waals surface area contributed by atoms with Crippen molar-refractivity contribution in [3.05, 3.63) is 53.9 Å². The summed E-state index contributed by atoms with van der Waals surface area (Å²) in [5.74, 6) is -0.0457. The molecule has 0 radical (unpaired) electrons. The van der Waals surface area contributed by atoms with Gasteiger partial charge in [0.15, 0.2) is 0 Å². The number of para-hydroxylation sites is 1. The summed E-state index contributed by atoms with van der Waals surface area (Å²) in [7, 11) is 0. The lowest BCUT2D eigenvalue weighted by Gasteiger charge is -2.32. The Morgan fingerprint density at radius 2 is 2.22 bits per heavy atom. The Bertz CT molecular complexity index is 842. The molecule has 1 aliphatic heterocycles. The summed E-state index contributed by atoms with van der Waals surface area (Å²) in [6.45, 7) is 2.83. The molecule has 1 atom stereocenters. The van der Waals surface area contributed by atoms with Gasteiger partial charge in [0.25, 0.3) is 5.91 Å². The topological polar surface area (TPSA) is 46.3 Å². The number of thiazole rings is 1. The average Bonchev–Trinajstić information content (AvgIpc) is 3.24. The van der Waals surface area contributed by atoms with Crippen molar-refractivity contribution < 1.29 is 9.21 Å². The molecule has 116 valence electrons. The molecule has 1 aromatic carbocycles. The maximum atomic E-state index is 12.9. The molecule has 6 heteroatoms. The van der Waals surface area contributed by atoms with Crippen LogP contribution < -0.4 is 4.90 Å². The lowest BCUT2D eigenvalue weighted by molar-refractivity contribution is 0.0982. The number of aromatic nitrogens is 1. The molecule has 23 heavy (non-hydrogen) atoms. The Hall–Kier alpha value is -2.05. The minimum atomic E-state index is -0.0457. The molecule has 0 fully saturated rings. The first-order valence-electron chi connectivity index (χ1n) is 7.28. The lowest BCUT2D eigenvalue weighted by atomic mass is 10.2. The fourth-order valence-electron chi connectivity index (χ4n) is 2.61. The van der Waals surface area contributed by atoms with Gasteiger partial charge in [0.1, 0.15) is 17.0 Å². The molecule has 1 aliphatic rings. The van der Waals surface area contributed by atoms with Crippen LogP contribution in [0.2, 0.25) is 0 Å². The lowest BCUT2D eigenvalue weighted by Crippen LogP contribution is -2.38. The maximum Gasteiger partial charge on any atom is 0.277 e. The van der Waals surface area contributed by atoms with Crippen LogP contribution in [-0.2, 0) is 0 Å². The maximum absolute atomic E-state index is 12.9. The summed E-state index contributed by atoms with van der Waals surface area (Å²) in [6.07, 6.45) is 3.25. The number of amides is 1. The van der Waals surface area contributed by atoms with Crippen molar-refractivity contribution in [1.29, 1.82) is 0 Å². The van der Waals surface area contributed by atoms with E-state index >= 15 is 0 Å². The Morgan fingerprint density at radius 1 is 1.35 bits per heavy atom. The van der Waals surface area contributed by atoms with Gasteiger partial charge in [0.05, 0.1) is 12.0 Å². The highest BCUT2D eigenvalue weighted by Gasteiger charge is 2.28. The third kappa shape index (κ3) is 2.68. The third-order valence-corrected chi connectivity index (χ3v) is 5.70. The normalized spacial score (nSPS) is 17.1. The Morgan fingerprint density at radius 3 is 3.04 bits per heavy atom. The molecule has 0 saturated carbocycles. The summed E-state index contributed by atoms with van der Waals surface area (Å²) in [5.41, 5.74) is 2.36. The van der Waals surface area contributed by atoms with Crippen molar-refractivity contribution >= 4 is 34.7 Å². The number of nitrogens with zero attached hydrogens (tertiary/aromatic N) is 2. The molecule has 3 heterocycles. The molecule has 0 aliphatic carbocycles. The second kappa shape index (κ2) is 5.86. The number of carbonyl (C=O) groups excluding carboxylic acids is 1. The number of hydrogen-bond donors (Lipinski definition) is 0. The molecular formula is C17H14N2O2S2. The molecule has 4 nitrogen and oxygen atoms in total. The molecule has 4 rings (SSSR count). The number of thioether (sulfide) groups is 1. The molecule has 0 N–H and O–H groups in total. The van der Waals surface area contributed by atoms with Gasteiger partial charge in [-0.15, -0.1) is 23.1 Å². The zero-order valence-electron chi connectivity index (χ0n) is 12.4. The first-order valence-corrected chi connectivity index (χ1v) is 9.04. The first kappa shape index (κ1) is 14.5. The summed E-state index contributed by atoms with van der Waals surface area (Å²) in [5, 5.41) is 2.98. The van der Waals surface area contributed by atoms with E-state index in [1.54, 1.807) is 12.5 Å². The van der Waals surface area contributed by atoms with Crippen molar-refractivity contribution in [2.45, 2.75) is 17.1 Å². The van der Waals surface area contributed by atoms with Crippen molar-refractivity contribution in [3.8, 4) is 10.6 Å². The summed E-state index contributed by atoms with van der Waals surface area (Å²) >= 11 is 3.27. The molecular weight excluding hydrogens is 328 g/mol. The fourth-order valence-corrected chi connectivity index (χ4v) is 4.50. The third-order valence-electron chi connectivity index (χ3n) is 3.66. The number of benzene rings is 1. The van der Waals surface area contributed by atoms with E-state index in [1.807, 2.05) is 46.3 Å². The second-order valence-electron chi connectivity index (χ2n) is 5.36. The quantitative estimate of drug-likeness (QED) is 0.686. The van der Waals surface area contributed by atoms with E-state index in [2.05, 4.69) is 18.0 Å². The number of hydrogen-bond acceptors (Lipinski definition) is 5. The van der Waals surface area contributed by atoms with E-state index in [-0.39, 0.29) is 5.91 Å². The average molecular weight is 342 g/mol. The predicted molar refractivity (Wildman–Crippen MR) is 93.3 cm³/mol. The van der Waals surface area contributed by atoms with Crippen LogP contribution >= 0.6 is 23.1 Å². The first-order chi connectivity index (χ1) is 11.2. The van der Waals surface area contributed by atoms with Crippen LogP contribution in [0.3, 0.4) is 0 Å². The minimum Gasteiger partial charge on any atom is -0.472 e. The molecule has 1 unspecified atom stereocenters. The molecule has 0 spiro atoms. The predicted octanol–water partition coefficient (Wildman–Crippen LogP) is 4.54. The largest absolute Gasteiger partial charge is 0.472 e. The van der Waals surface area contributed by atoms with Gasteiger partial charge in [-0.25, -0.2) is 4.98 Å². The molecule has 0 bridgehead atoms. The van der Waals surface area contributed by atoms with Crippen molar-refractivity contribution in [2.75, 3.05) is 11.4 Å². The number of fused-ring (bicyclic) bond motifs is 1. The van der Waals surface area contributed by atoms with E-state index in [9.17, 15) is 4.79 Å². The van der Waals surface area contributed by atoms with Crippen molar-refractivity contribution in [1.82, 2.24) is 4.98 Å². The van der Waals surface area contributed by atoms with Gasteiger partial charge in [0.2, 0.25) is 0 Å². The highest BCUT2D eigenvalue weighted by molar-refractivity contribution is 8.00.